The summed E-state index contributed by atoms with van der Waals surface area (Å²) in [4.78, 5) is 48.8. The van der Waals surface area contributed by atoms with Gasteiger partial charge in [0, 0.05) is 25.7 Å². The lowest BCUT2D eigenvalue weighted by atomic mass is 10.1. The van der Waals surface area contributed by atoms with Crippen LogP contribution in [-0.4, -0.2) is 34.1 Å². The Hall–Kier alpha value is -2.20. The van der Waals surface area contributed by atoms with Gasteiger partial charge in [0.25, 0.3) is 0 Å². The Morgan fingerprint density at radius 3 is 1.12 bits per heavy atom. The Morgan fingerprint density at radius 2 is 0.875 bits per heavy atom. The molecule has 0 unspecified atom stereocenters. The van der Waals surface area contributed by atoms with Gasteiger partial charge >= 0.3 is 23.9 Å². The third kappa shape index (κ3) is 22.1. The first-order valence-corrected chi connectivity index (χ1v) is 7.56. The topological polar surface area (TPSA) is 179 Å². The molecule has 0 aliphatic rings. The monoisotopic (exact) mass is 350 g/mol. The smallest absolute Gasteiger partial charge is 0.324 e. The second-order valence-corrected chi connectivity index (χ2v) is 4.89. The highest BCUT2D eigenvalue weighted by atomic mass is 16.7. The van der Waals surface area contributed by atoms with Crippen molar-refractivity contribution in [2.75, 3.05) is 0 Å². The van der Waals surface area contributed by atoms with E-state index in [9.17, 15) is 19.2 Å². The molecule has 0 spiro atoms. The van der Waals surface area contributed by atoms with Gasteiger partial charge in [0.1, 0.15) is 0 Å². The Balaban J connectivity index is 0. The molecular weight excluding hydrogens is 324 g/mol. The molecule has 0 aromatic carbocycles. The minimum atomic E-state index is -0.809. The van der Waals surface area contributed by atoms with Gasteiger partial charge < -0.3 is 19.9 Å². The molecule has 0 bridgehead atoms. The zero-order valence-electron chi connectivity index (χ0n) is 13.6. The molecule has 0 heterocycles. The molecule has 10 heteroatoms. The van der Waals surface area contributed by atoms with E-state index in [1.807, 2.05) is 0 Å². The van der Waals surface area contributed by atoms with Crippen LogP contribution in [0.15, 0.2) is 0 Å². The Morgan fingerprint density at radius 1 is 0.583 bits per heavy atom. The summed E-state index contributed by atoms with van der Waals surface area (Å²) < 4.78 is 0. The summed E-state index contributed by atoms with van der Waals surface area (Å²) in [7, 11) is 0. The average molecular weight is 350 g/mol. The van der Waals surface area contributed by atoms with Crippen LogP contribution in [0.3, 0.4) is 0 Å². The lowest BCUT2D eigenvalue weighted by molar-refractivity contribution is -0.145. The number of aliphatic carboxylic acids is 2. The van der Waals surface area contributed by atoms with E-state index in [2.05, 4.69) is 21.5 Å². The largest absolute Gasteiger partial charge is 0.481 e. The maximum Gasteiger partial charge on any atom is 0.324 e. The lowest BCUT2D eigenvalue weighted by Gasteiger charge is -1.97. The molecule has 140 valence electrons. The first kappa shape index (κ1) is 24.1. The van der Waals surface area contributed by atoms with Crippen LogP contribution in [-0.2, 0) is 28.9 Å². The predicted molar refractivity (Wildman–Crippen MR) is 82.0 cm³/mol. The van der Waals surface area contributed by atoms with E-state index >= 15 is 0 Å². The fourth-order valence-corrected chi connectivity index (χ4v) is 1.56. The van der Waals surface area contributed by atoms with Crippen LogP contribution >= 0.6 is 0 Å². The van der Waals surface area contributed by atoms with Crippen molar-refractivity contribution in [2.24, 2.45) is 11.8 Å². The molecule has 0 radical (unpaired) electrons. The Kier molecular flexibility index (Phi) is 17.2. The molecule has 0 atom stereocenters. The predicted octanol–water partition coefficient (Wildman–Crippen LogP) is 0.877. The second-order valence-electron chi connectivity index (χ2n) is 4.89. The molecule has 0 amide bonds. The van der Waals surface area contributed by atoms with Gasteiger partial charge in [0.15, 0.2) is 0 Å². The van der Waals surface area contributed by atoms with Crippen molar-refractivity contribution in [2.45, 2.75) is 64.2 Å². The minimum Gasteiger partial charge on any atom is -0.481 e. The summed E-state index contributed by atoms with van der Waals surface area (Å²) in [5.74, 6) is 6.66. The molecule has 0 aromatic rings. The van der Waals surface area contributed by atoms with E-state index in [-0.39, 0.29) is 25.7 Å². The van der Waals surface area contributed by atoms with Crippen LogP contribution in [0.4, 0.5) is 0 Å². The molecule has 0 saturated heterocycles. The molecule has 24 heavy (non-hydrogen) atoms. The molecule has 0 fully saturated rings. The molecule has 0 aliphatic heterocycles. The highest BCUT2D eigenvalue weighted by Crippen LogP contribution is 2.03. The van der Waals surface area contributed by atoms with Crippen molar-refractivity contribution < 1.29 is 39.1 Å². The summed E-state index contributed by atoms with van der Waals surface area (Å²) in [6.07, 6.45) is 4.68. The van der Waals surface area contributed by atoms with Gasteiger partial charge in [0.2, 0.25) is 0 Å². The number of nitrogens with two attached hydrogens (primary N) is 2. The standard InChI is InChI=1S/2C7H13NO4/c2*8-12-7(11)5-3-1-2-4-6(9)10/h2*1-5,8H2,(H,9,10). The second kappa shape index (κ2) is 17.2. The zero-order valence-corrected chi connectivity index (χ0v) is 13.6. The van der Waals surface area contributed by atoms with Gasteiger partial charge in [-0.25, -0.2) is 0 Å². The van der Waals surface area contributed by atoms with Gasteiger partial charge in [-0.15, -0.1) is 0 Å². The minimum absolute atomic E-state index is 0.150. The van der Waals surface area contributed by atoms with Crippen LogP contribution < -0.4 is 11.8 Å². The molecule has 0 aliphatic carbocycles. The quantitative estimate of drug-likeness (QED) is 0.291. The van der Waals surface area contributed by atoms with E-state index in [1.54, 1.807) is 0 Å². The van der Waals surface area contributed by atoms with E-state index in [4.69, 9.17) is 10.2 Å². The number of hydrogen-bond donors (Lipinski definition) is 4. The number of unbranched alkanes of at least 4 members (excludes halogenated alkanes) is 4. The number of hydrogen-bond acceptors (Lipinski definition) is 8. The van der Waals surface area contributed by atoms with Crippen LogP contribution in [0.2, 0.25) is 0 Å². The van der Waals surface area contributed by atoms with Crippen LogP contribution in [0.1, 0.15) is 64.2 Å². The third-order valence-electron chi connectivity index (χ3n) is 2.81. The molecule has 0 saturated carbocycles. The van der Waals surface area contributed by atoms with Crippen molar-refractivity contribution in [3.8, 4) is 0 Å². The summed E-state index contributed by atoms with van der Waals surface area (Å²) in [5, 5.41) is 16.5. The van der Waals surface area contributed by atoms with E-state index in [0.717, 1.165) is 0 Å². The Bertz CT molecular complexity index is 351. The van der Waals surface area contributed by atoms with Gasteiger partial charge in [-0.3, -0.25) is 19.2 Å². The molecule has 10 nitrogen and oxygen atoms in total. The van der Waals surface area contributed by atoms with Gasteiger partial charge in [-0.05, 0) is 25.7 Å². The molecule has 0 aromatic heterocycles. The maximum atomic E-state index is 10.4. The van der Waals surface area contributed by atoms with Crippen molar-refractivity contribution in [3.63, 3.8) is 0 Å². The normalized spacial score (nSPS) is 9.42. The summed E-state index contributed by atoms with van der Waals surface area (Å²) in [5.41, 5.74) is 0. The SMILES string of the molecule is NOC(=O)CCCCCC(=O)O.NOC(=O)CCCCCC(=O)O. The van der Waals surface area contributed by atoms with Crippen molar-refractivity contribution >= 4 is 23.9 Å². The van der Waals surface area contributed by atoms with Crippen molar-refractivity contribution in [1.29, 1.82) is 0 Å². The summed E-state index contributed by atoms with van der Waals surface area (Å²) >= 11 is 0. The van der Waals surface area contributed by atoms with E-state index in [1.165, 1.54) is 0 Å². The highest BCUT2D eigenvalue weighted by molar-refractivity contribution is 5.69. The zero-order chi connectivity index (χ0) is 18.8. The highest BCUT2D eigenvalue weighted by Gasteiger charge is 2.02. The summed E-state index contributed by atoms with van der Waals surface area (Å²) in [6, 6.07) is 0. The van der Waals surface area contributed by atoms with Gasteiger partial charge in [0.05, 0.1) is 0 Å². The molecule has 6 N–H and O–H groups in total. The Labute approximate surface area is 140 Å². The van der Waals surface area contributed by atoms with Crippen molar-refractivity contribution in [3.05, 3.63) is 0 Å². The van der Waals surface area contributed by atoms with Gasteiger partial charge in [-0.2, -0.15) is 11.8 Å². The van der Waals surface area contributed by atoms with E-state index < -0.39 is 23.9 Å². The lowest BCUT2D eigenvalue weighted by Crippen LogP contribution is -2.09. The number of carboxylic acids is 2. The van der Waals surface area contributed by atoms with Crippen LogP contribution in [0.5, 0.6) is 0 Å². The third-order valence-corrected chi connectivity index (χ3v) is 2.81. The summed E-state index contributed by atoms with van der Waals surface area (Å²) in [6.45, 7) is 0. The average Bonchev–Trinajstić information content (AvgIpc) is 2.53. The molecular formula is C14H26N2O8. The first-order chi connectivity index (χ1) is 11.3. The van der Waals surface area contributed by atoms with Gasteiger partial charge in [-0.1, -0.05) is 12.8 Å². The number of carbonyl (C=O) groups excluding carboxylic acids is 2. The van der Waals surface area contributed by atoms with Crippen molar-refractivity contribution in [1.82, 2.24) is 0 Å². The maximum absolute atomic E-state index is 10.4. The van der Waals surface area contributed by atoms with E-state index in [0.29, 0.717) is 38.5 Å². The molecule has 0 rings (SSSR count). The fourth-order valence-electron chi connectivity index (χ4n) is 1.56. The number of carboxylic acid groups (broad SMARTS) is 2. The number of rotatable bonds is 12. The van der Waals surface area contributed by atoms with Crippen LogP contribution in [0, 0.1) is 0 Å². The fraction of sp³-hybridized carbons (Fsp3) is 0.714. The number of carbonyl (C=O) groups is 4. The van der Waals surface area contributed by atoms with Crippen LogP contribution in [0.25, 0.3) is 0 Å². The first-order valence-electron chi connectivity index (χ1n) is 7.56.